The first-order chi connectivity index (χ1) is 9.92. The van der Waals surface area contributed by atoms with Crippen molar-refractivity contribution in [1.29, 1.82) is 0 Å². The Morgan fingerprint density at radius 1 is 1.19 bits per heavy atom. The van der Waals surface area contributed by atoms with Crippen molar-refractivity contribution < 1.29 is 0 Å². The van der Waals surface area contributed by atoms with E-state index in [9.17, 15) is 0 Å². The van der Waals surface area contributed by atoms with Gasteiger partial charge in [0.25, 0.3) is 0 Å². The van der Waals surface area contributed by atoms with E-state index in [-0.39, 0.29) is 5.92 Å². The molecular weight excluding hydrogens is 352 g/mol. The highest BCUT2D eigenvalue weighted by Gasteiger charge is 2.13. The van der Waals surface area contributed by atoms with Gasteiger partial charge in [-0.05, 0) is 41.1 Å². The maximum atomic E-state index is 5.97. The highest BCUT2D eigenvalue weighted by atomic mass is 79.9. The van der Waals surface area contributed by atoms with Crippen molar-refractivity contribution in [2.75, 3.05) is 17.7 Å². The zero-order valence-electron chi connectivity index (χ0n) is 12.5. The van der Waals surface area contributed by atoms with Gasteiger partial charge in [-0.1, -0.05) is 25.4 Å². The lowest BCUT2D eigenvalue weighted by molar-refractivity contribution is 0.775. The number of rotatable bonds is 4. The molecule has 0 aliphatic carbocycles. The van der Waals surface area contributed by atoms with E-state index in [0.717, 1.165) is 33.2 Å². The number of nitrogens with zero attached hydrogens (tertiary/aromatic N) is 2. The molecule has 0 fully saturated rings. The van der Waals surface area contributed by atoms with Crippen LogP contribution in [0.4, 0.5) is 17.3 Å². The smallest absolute Gasteiger partial charge is 0.139 e. The zero-order valence-corrected chi connectivity index (χ0v) is 14.8. The van der Waals surface area contributed by atoms with Crippen LogP contribution in [0.15, 0.2) is 22.7 Å². The van der Waals surface area contributed by atoms with Crippen LogP contribution in [0.5, 0.6) is 0 Å². The van der Waals surface area contributed by atoms with Crippen molar-refractivity contribution in [1.82, 2.24) is 9.97 Å². The van der Waals surface area contributed by atoms with Gasteiger partial charge < -0.3 is 10.6 Å². The van der Waals surface area contributed by atoms with Gasteiger partial charge in [-0.3, -0.25) is 0 Å². The van der Waals surface area contributed by atoms with E-state index in [0.29, 0.717) is 5.02 Å². The second-order valence-corrected chi connectivity index (χ2v) is 6.35. The molecule has 0 amide bonds. The van der Waals surface area contributed by atoms with Crippen LogP contribution in [0.25, 0.3) is 0 Å². The topological polar surface area (TPSA) is 49.8 Å². The molecule has 0 aliphatic rings. The Kier molecular flexibility index (Phi) is 5.06. The molecule has 0 unspecified atom stereocenters. The van der Waals surface area contributed by atoms with Crippen LogP contribution in [-0.2, 0) is 0 Å². The first-order valence-electron chi connectivity index (χ1n) is 6.70. The van der Waals surface area contributed by atoms with Crippen molar-refractivity contribution >= 4 is 44.9 Å². The van der Waals surface area contributed by atoms with Crippen molar-refractivity contribution in [2.24, 2.45) is 0 Å². The van der Waals surface area contributed by atoms with Crippen LogP contribution in [0.3, 0.4) is 0 Å². The Morgan fingerprint density at radius 2 is 1.86 bits per heavy atom. The van der Waals surface area contributed by atoms with Crippen molar-refractivity contribution in [3.8, 4) is 0 Å². The van der Waals surface area contributed by atoms with Crippen LogP contribution < -0.4 is 10.6 Å². The molecule has 2 rings (SSSR count). The summed E-state index contributed by atoms with van der Waals surface area (Å²) in [6.07, 6.45) is 0. The van der Waals surface area contributed by atoms with E-state index in [4.69, 9.17) is 11.6 Å². The minimum atomic E-state index is 0.256. The van der Waals surface area contributed by atoms with Crippen molar-refractivity contribution in [2.45, 2.75) is 26.7 Å². The van der Waals surface area contributed by atoms with Crippen LogP contribution in [-0.4, -0.2) is 17.0 Å². The molecule has 6 heteroatoms. The molecule has 0 aliphatic heterocycles. The Balaban J connectivity index is 2.45. The van der Waals surface area contributed by atoms with Gasteiger partial charge in [0.2, 0.25) is 0 Å². The fourth-order valence-electron chi connectivity index (χ4n) is 1.88. The van der Waals surface area contributed by atoms with E-state index < -0.39 is 0 Å². The average molecular weight is 370 g/mol. The summed E-state index contributed by atoms with van der Waals surface area (Å²) in [5, 5.41) is 7.14. The normalized spacial score (nSPS) is 10.8. The second-order valence-electron chi connectivity index (χ2n) is 5.06. The molecule has 1 aromatic carbocycles. The SMILES string of the molecule is CNc1nc(C(C)C)nc(Nc2ccc(Cl)cc2Br)c1C. The Bertz CT molecular complexity index is 658. The van der Waals surface area contributed by atoms with Gasteiger partial charge in [0.1, 0.15) is 17.5 Å². The lowest BCUT2D eigenvalue weighted by Gasteiger charge is -2.16. The minimum absolute atomic E-state index is 0.256. The van der Waals surface area contributed by atoms with Crippen molar-refractivity contribution in [3.63, 3.8) is 0 Å². The summed E-state index contributed by atoms with van der Waals surface area (Å²) in [4.78, 5) is 9.16. The molecule has 21 heavy (non-hydrogen) atoms. The summed E-state index contributed by atoms with van der Waals surface area (Å²) < 4.78 is 0.894. The molecule has 0 spiro atoms. The molecular formula is C15H18BrClN4. The van der Waals surface area contributed by atoms with Crippen LogP contribution in [0.1, 0.15) is 31.2 Å². The summed E-state index contributed by atoms with van der Waals surface area (Å²) in [6.45, 7) is 6.14. The average Bonchev–Trinajstić information content (AvgIpc) is 2.43. The van der Waals surface area contributed by atoms with Gasteiger partial charge in [0, 0.05) is 28.0 Å². The number of aromatic nitrogens is 2. The van der Waals surface area contributed by atoms with E-state index in [1.54, 1.807) is 0 Å². The number of hydrogen-bond donors (Lipinski definition) is 2. The lowest BCUT2D eigenvalue weighted by atomic mass is 10.2. The monoisotopic (exact) mass is 368 g/mol. The minimum Gasteiger partial charge on any atom is -0.373 e. The van der Waals surface area contributed by atoms with E-state index in [2.05, 4.69) is 50.4 Å². The molecule has 2 aromatic rings. The lowest BCUT2D eigenvalue weighted by Crippen LogP contribution is -2.08. The van der Waals surface area contributed by atoms with Gasteiger partial charge in [-0.25, -0.2) is 9.97 Å². The molecule has 1 aromatic heterocycles. The Morgan fingerprint density at radius 3 is 2.43 bits per heavy atom. The molecule has 0 saturated heterocycles. The maximum Gasteiger partial charge on any atom is 0.139 e. The van der Waals surface area contributed by atoms with E-state index >= 15 is 0 Å². The maximum absolute atomic E-state index is 5.97. The number of anilines is 3. The molecule has 2 N–H and O–H groups in total. The Labute approximate surface area is 138 Å². The highest BCUT2D eigenvalue weighted by molar-refractivity contribution is 9.10. The number of nitrogens with one attached hydrogen (secondary N) is 2. The van der Waals surface area contributed by atoms with Crippen LogP contribution in [0.2, 0.25) is 5.02 Å². The molecule has 0 radical (unpaired) electrons. The number of benzene rings is 1. The second kappa shape index (κ2) is 6.62. The predicted molar refractivity (Wildman–Crippen MR) is 92.8 cm³/mol. The fraction of sp³-hybridized carbons (Fsp3) is 0.333. The molecule has 0 atom stereocenters. The first-order valence-corrected chi connectivity index (χ1v) is 7.87. The third kappa shape index (κ3) is 3.66. The van der Waals surface area contributed by atoms with Crippen LogP contribution in [0, 0.1) is 6.92 Å². The molecule has 4 nitrogen and oxygen atoms in total. The third-order valence-corrected chi connectivity index (χ3v) is 3.99. The summed E-state index contributed by atoms with van der Waals surface area (Å²) in [5.74, 6) is 2.69. The highest BCUT2D eigenvalue weighted by Crippen LogP contribution is 2.31. The molecule has 112 valence electrons. The first kappa shape index (κ1) is 16.0. The fourth-order valence-corrected chi connectivity index (χ4v) is 2.66. The predicted octanol–water partition coefficient (Wildman–Crippen LogP) is 5.11. The van der Waals surface area contributed by atoms with Crippen LogP contribution >= 0.6 is 27.5 Å². The summed E-state index contributed by atoms with van der Waals surface area (Å²) in [7, 11) is 1.86. The molecule has 1 heterocycles. The number of hydrogen-bond acceptors (Lipinski definition) is 4. The van der Waals surface area contributed by atoms with Gasteiger partial charge in [-0.15, -0.1) is 0 Å². The largest absolute Gasteiger partial charge is 0.373 e. The molecule has 0 saturated carbocycles. The van der Waals surface area contributed by atoms with Gasteiger partial charge in [0.15, 0.2) is 0 Å². The van der Waals surface area contributed by atoms with E-state index in [1.165, 1.54) is 0 Å². The third-order valence-electron chi connectivity index (χ3n) is 3.10. The van der Waals surface area contributed by atoms with Crippen molar-refractivity contribution in [3.05, 3.63) is 39.1 Å². The van der Waals surface area contributed by atoms with Gasteiger partial charge in [0.05, 0.1) is 5.69 Å². The van der Waals surface area contributed by atoms with Gasteiger partial charge >= 0.3 is 0 Å². The number of halogens is 2. The molecule has 0 bridgehead atoms. The van der Waals surface area contributed by atoms with Gasteiger partial charge in [-0.2, -0.15) is 0 Å². The Hall–Kier alpha value is -1.33. The standard InChI is InChI=1S/C15H18BrClN4/c1-8(2)13-20-14(18-4)9(3)15(21-13)19-12-6-5-10(17)7-11(12)16/h5-8H,1-4H3,(H2,18,19,20,21). The zero-order chi connectivity index (χ0) is 15.6. The summed E-state index contributed by atoms with van der Waals surface area (Å²) in [6, 6.07) is 5.61. The quantitative estimate of drug-likeness (QED) is 0.786. The summed E-state index contributed by atoms with van der Waals surface area (Å²) in [5.41, 5.74) is 1.89. The summed E-state index contributed by atoms with van der Waals surface area (Å²) >= 11 is 9.48. The van der Waals surface area contributed by atoms with E-state index in [1.807, 2.05) is 32.2 Å².